The number of nitrogens with zero attached hydrogens (tertiary/aromatic N) is 2. The second-order valence-corrected chi connectivity index (χ2v) is 18.9. The van der Waals surface area contributed by atoms with E-state index in [1.165, 1.54) is 7.11 Å². The highest BCUT2D eigenvalue weighted by atomic mass is 31.2. The van der Waals surface area contributed by atoms with Crippen molar-refractivity contribution in [2.75, 3.05) is 71.0 Å². The first-order valence-electron chi connectivity index (χ1n) is 19.2. The van der Waals surface area contributed by atoms with Crippen molar-refractivity contribution in [2.45, 2.75) is 45.4 Å². The molecule has 300 valence electrons. The molecule has 0 spiro atoms. The number of ketones is 1. The van der Waals surface area contributed by atoms with Crippen molar-refractivity contribution in [3.8, 4) is 23.0 Å². The molecule has 4 aromatic carbocycles. The quantitative estimate of drug-likeness (QED) is 0.0836. The van der Waals surface area contributed by atoms with Gasteiger partial charge in [-0.25, -0.2) is 4.79 Å². The van der Waals surface area contributed by atoms with E-state index < -0.39 is 13.2 Å². The van der Waals surface area contributed by atoms with Gasteiger partial charge in [-0.2, -0.15) is 0 Å². The van der Waals surface area contributed by atoms with E-state index >= 15 is 0 Å². The molecule has 11 nitrogen and oxygen atoms in total. The van der Waals surface area contributed by atoms with Crippen LogP contribution in [0.15, 0.2) is 85.1 Å². The van der Waals surface area contributed by atoms with E-state index in [0.717, 1.165) is 66.9 Å². The zero-order chi connectivity index (χ0) is 40.7. The van der Waals surface area contributed by atoms with Crippen molar-refractivity contribution in [1.29, 1.82) is 0 Å². The maximum Gasteiger partial charge on any atom is 0.323 e. The molecule has 2 amide bonds. The van der Waals surface area contributed by atoms with Crippen molar-refractivity contribution in [3.63, 3.8) is 0 Å². The van der Waals surface area contributed by atoms with Crippen LogP contribution in [-0.4, -0.2) is 82.1 Å². The SMILES string of the molecule is COc1cc(Cc2cc(Oc3ccc(NC(=O)Nc4cc(C(C)(C)C)cc(P(C)(C)=O)c4OC)c4ccccc34)ccn2)ccc1C(=O)CCCN1CCOCC1. The predicted octanol–water partition coefficient (Wildman–Crippen LogP) is 9.12. The van der Waals surface area contributed by atoms with Gasteiger partial charge in [0.25, 0.3) is 0 Å². The fourth-order valence-electron chi connectivity index (χ4n) is 6.95. The fraction of sp³-hybridized carbons (Fsp3) is 0.356. The number of fused-ring (bicyclic) bond motifs is 1. The molecular weight excluding hydrogens is 739 g/mol. The van der Waals surface area contributed by atoms with E-state index in [2.05, 4.69) is 41.3 Å². The fourth-order valence-corrected chi connectivity index (χ4v) is 8.10. The molecule has 1 saturated heterocycles. The van der Waals surface area contributed by atoms with Crippen LogP contribution in [0, 0.1) is 0 Å². The van der Waals surface area contributed by atoms with Gasteiger partial charge in [0.05, 0.1) is 49.7 Å². The number of pyridine rings is 1. The van der Waals surface area contributed by atoms with E-state index in [0.29, 0.717) is 58.1 Å². The minimum Gasteiger partial charge on any atom is -0.496 e. The topological polar surface area (TPSA) is 128 Å². The zero-order valence-electron chi connectivity index (χ0n) is 33.9. The number of urea groups is 1. The summed E-state index contributed by atoms with van der Waals surface area (Å²) < 4.78 is 36.5. The Morgan fingerprint density at radius 1 is 0.860 bits per heavy atom. The number of methoxy groups -OCH3 is 2. The van der Waals surface area contributed by atoms with Gasteiger partial charge >= 0.3 is 6.03 Å². The molecular formula is C45H53N4O7P. The second kappa shape index (κ2) is 17.9. The van der Waals surface area contributed by atoms with Crippen LogP contribution < -0.4 is 30.1 Å². The van der Waals surface area contributed by atoms with Crippen molar-refractivity contribution in [3.05, 3.63) is 107 Å². The number of ether oxygens (including phenoxy) is 4. The average Bonchev–Trinajstić information content (AvgIpc) is 3.18. The number of morpholine rings is 1. The Balaban J connectivity index is 1.15. The van der Waals surface area contributed by atoms with E-state index in [-0.39, 0.29) is 11.2 Å². The molecule has 2 N–H and O–H groups in total. The van der Waals surface area contributed by atoms with E-state index in [4.69, 9.17) is 18.9 Å². The number of anilines is 2. The molecule has 0 radical (unpaired) electrons. The lowest BCUT2D eigenvalue weighted by Crippen LogP contribution is -2.36. The molecule has 5 aromatic rings. The summed E-state index contributed by atoms with van der Waals surface area (Å²) in [4.78, 5) is 33.6. The van der Waals surface area contributed by atoms with Crippen molar-refractivity contribution in [2.24, 2.45) is 0 Å². The number of aromatic nitrogens is 1. The number of carbonyl (C=O) groups excluding carboxylic acids is 2. The van der Waals surface area contributed by atoms with Crippen LogP contribution in [0.1, 0.15) is 60.8 Å². The summed E-state index contributed by atoms with van der Waals surface area (Å²) in [6.07, 6.45) is 3.47. The number of hydrogen-bond donors (Lipinski definition) is 2. The van der Waals surface area contributed by atoms with Gasteiger partial charge in [-0.05, 0) is 85.3 Å². The summed E-state index contributed by atoms with van der Waals surface area (Å²) in [5, 5.41) is 8.11. The highest BCUT2D eigenvalue weighted by Gasteiger charge is 2.26. The third-order valence-corrected chi connectivity index (χ3v) is 11.5. The minimum absolute atomic E-state index is 0.0694. The Labute approximate surface area is 335 Å². The van der Waals surface area contributed by atoms with Crippen LogP contribution in [-0.2, 0) is 21.1 Å². The van der Waals surface area contributed by atoms with Crippen LogP contribution in [0.3, 0.4) is 0 Å². The molecule has 12 heteroatoms. The molecule has 1 aliphatic rings. The first-order chi connectivity index (χ1) is 27.2. The Hall–Kier alpha value is -5.22. The van der Waals surface area contributed by atoms with Gasteiger partial charge in [-0.15, -0.1) is 0 Å². The Bertz CT molecular complexity index is 2290. The van der Waals surface area contributed by atoms with Crippen molar-refractivity contribution < 1.29 is 33.1 Å². The predicted molar refractivity (Wildman–Crippen MR) is 228 cm³/mol. The average molecular weight is 793 g/mol. The standard InChI is InChI=1S/C45H53N4O7P/c1-45(2,3)31-27-38(43(54-5)42(28-31)57(6,7)52)48-44(51)47-37-16-17-40(35-12-9-8-11-34(35)37)56-33-18-19-46-32(29-33)25-30-14-15-36(41(26-30)53-4)39(50)13-10-20-49-21-23-55-24-22-49/h8-9,11-12,14-19,26-29H,10,13,20-25H2,1-7H3,(H2,47,48,51). The van der Waals surface area contributed by atoms with E-state index in [9.17, 15) is 14.2 Å². The van der Waals surface area contributed by atoms with Crippen LogP contribution >= 0.6 is 7.14 Å². The van der Waals surface area contributed by atoms with Gasteiger partial charge in [-0.1, -0.05) is 51.1 Å². The molecule has 57 heavy (non-hydrogen) atoms. The highest BCUT2D eigenvalue weighted by Crippen LogP contribution is 2.43. The largest absolute Gasteiger partial charge is 0.496 e. The van der Waals surface area contributed by atoms with Crippen LogP contribution in [0.2, 0.25) is 0 Å². The van der Waals surface area contributed by atoms with Crippen molar-refractivity contribution >= 4 is 46.4 Å². The molecule has 1 aliphatic heterocycles. The molecule has 0 aliphatic carbocycles. The number of carbonyl (C=O) groups is 2. The molecule has 0 unspecified atom stereocenters. The smallest absolute Gasteiger partial charge is 0.323 e. The summed E-state index contributed by atoms with van der Waals surface area (Å²) >= 11 is 0. The lowest BCUT2D eigenvalue weighted by atomic mass is 9.86. The van der Waals surface area contributed by atoms with Crippen molar-refractivity contribution in [1.82, 2.24) is 9.88 Å². The summed E-state index contributed by atoms with van der Waals surface area (Å²) in [5.41, 5.74) is 4.03. The van der Waals surface area contributed by atoms with E-state index in [1.807, 2.05) is 66.7 Å². The monoisotopic (exact) mass is 792 g/mol. The number of rotatable bonds is 14. The summed E-state index contributed by atoms with van der Waals surface area (Å²) in [6, 6.07) is 24.0. The molecule has 2 heterocycles. The molecule has 0 atom stereocenters. The number of hydrogen-bond acceptors (Lipinski definition) is 9. The molecule has 6 rings (SSSR count). The van der Waals surface area contributed by atoms with Gasteiger partial charge in [0, 0.05) is 54.7 Å². The molecule has 0 bridgehead atoms. The number of amides is 2. The lowest BCUT2D eigenvalue weighted by molar-refractivity contribution is 0.0371. The Morgan fingerprint density at radius 3 is 2.30 bits per heavy atom. The maximum atomic E-state index is 13.6. The first-order valence-corrected chi connectivity index (χ1v) is 21.8. The minimum atomic E-state index is -2.74. The zero-order valence-corrected chi connectivity index (χ0v) is 34.8. The third kappa shape index (κ3) is 10.4. The summed E-state index contributed by atoms with van der Waals surface area (Å²) in [5.74, 6) is 2.22. The van der Waals surface area contributed by atoms with Crippen LogP contribution in [0.25, 0.3) is 10.8 Å². The maximum absolute atomic E-state index is 13.6. The van der Waals surface area contributed by atoms with Gasteiger partial charge in [0.2, 0.25) is 0 Å². The second-order valence-electron chi connectivity index (χ2n) is 15.7. The first kappa shape index (κ1) is 41.4. The summed E-state index contributed by atoms with van der Waals surface area (Å²) in [7, 11) is 0.357. The van der Waals surface area contributed by atoms with Crippen LogP contribution in [0.4, 0.5) is 16.2 Å². The Morgan fingerprint density at radius 2 is 1.60 bits per heavy atom. The number of benzene rings is 4. The van der Waals surface area contributed by atoms with Gasteiger partial charge in [0.1, 0.15) is 24.4 Å². The van der Waals surface area contributed by atoms with Gasteiger partial charge in [0.15, 0.2) is 11.5 Å². The molecule has 1 fully saturated rings. The highest BCUT2D eigenvalue weighted by molar-refractivity contribution is 7.70. The molecule has 0 saturated carbocycles. The van der Waals surface area contributed by atoms with Crippen LogP contribution in [0.5, 0.6) is 23.0 Å². The number of nitrogens with one attached hydrogen (secondary N) is 2. The summed E-state index contributed by atoms with van der Waals surface area (Å²) in [6.45, 7) is 13.8. The normalized spacial score (nSPS) is 13.6. The van der Waals surface area contributed by atoms with E-state index in [1.54, 1.807) is 38.8 Å². The van der Waals surface area contributed by atoms with Gasteiger partial charge in [-0.3, -0.25) is 14.7 Å². The van der Waals surface area contributed by atoms with Gasteiger partial charge < -0.3 is 34.1 Å². The number of Topliss-reactive ketones (excluding diaryl/α,β-unsaturated/α-hetero) is 1. The lowest BCUT2D eigenvalue weighted by Gasteiger charge is -2.26. The Kier molecular flexibility index (Phi) is 13.0. The third-order valence-electron chi connectivity index (χ3n) is 10.0. The molecule has 1 aromatic heterocycles.